The third kappa shape index (κ3) is 2.48. The third-order valence-corrected chi connectivity index (χ3v) is 4.74. The largest absolute Gasteiger partial charge is 0.123 e. The molecule has 0 bridgehead atoms. The van der Waals surface area contributed by atoms with Crippen LogP contribution in [-0.4, -0.2) is 16.9 Å². The average Bonchev–Trinajstić information content (AvgIpc) is 1.88. The monoisotopic (exact) mass is 196 g/mol. The first-order valence-electron chi connectivity index (χ1n) is 3.66. The zero-order valence-electron chi connectivity index (χ0n) is 6.18. The molecule has 0 aromatic heterocycles. The van der Waals surface area contributed by atoms with E-state index < -0.39 is 0 Å². The molecule has 1 fully saturated rings. The minimum Gasteiger partial charge on any atom is -0.123 e. The lowest BCUT2D eigenvalue weighted by atomic mass is 10.00. The van der Waals surface area contributed by atoms with Crippen molar-refractivity contribution in [1.82, 2.24) is 0 Å². The number of hydrogen-bond donors (Lipinski definition) is 0. The van der Waals surface area contributed by atoms with Crippen molar-refractivity contribution in [3.8, 4) is 0 Å². The first-order valence-corrected chi connectivity index (χ1v) is 6.72. The Bertz CT molecular complexity index is 128. The predicted molar refractivity (Wildman–Crippen MR) is 52.6 cm³/mol. The van der Waals surface area contributed by atoms with Gasteiger partial charge in [-0.1, -0.05) is 11.2 Å². The molecule has 0 aliphatic heterocycles. The summed E-state index contributed by atoms with van der Waals surface area (Å²) in [5.74, 6) is 0. The third-order valence-electron chi connectivity index (χ3n) is 2.07. The van der Waals surface area contributed by atoms with Gasteiger partial charge in [-0.2, -0.15) is 0 Å². The van der Waals surface area contributed by atoms with E-state index in [0.717, 1.165) is 5.25 Å². The molecule has 0 heterocycles. The summed E-state index contributed by atoms with van der Waals surface area (Å²) >= 11 is 11.2. The Hall–Kier alpha value is 0.860. The van der Waals surface area contributed by atoms with Crippen LogP contribution in [0, 0.1) is 0 Å². The highest BCUT2D eigenvalue weighted by atomic mass is 35.5. The molecule has 1 unspecified atom stereocenters. The molecule has 0 N–H and O–H groups in total. The second kappa shape index (κ2) is 4.03. The molecule has 1 saturated carbocycles. The van der Waals surface area contributed by atoms with Crippen molar-refractivity contribution in [2.45, 2.75) is 36.3 Å². The maximum absolute atomic E-state index is 5.96. The van der Waals surface area contributed by atoms with Crippen LogP contribution in [-0.2, 0) is 20.6 Å². The Morgan fingerprint density at radius 1 is 1.30 bits per heavy atom. The van der Waals surface area contributed by atoms with Crippen LogP contribution in [0.25, 0.3) is 0 Å². The SMILES string of the molecule is CS(=S)C1CCC(Cl)CC1. The van der Waals surface area contributed by atoms with Crippen molar-refractivity contribution in [3.63, 3.8) is 0 Å². The van der Waals surface area contributed by atoms with E-state index in [-0.39, 0.29) is 9.45 Å². The van der Waals surface area contributed by atoms with Gasteiger partial charge in [0.05, 0.1) is 0 Å². The lowest BCUT2D eigenvalue weighted by molar-refractivity contribution is 0.522. The summed E-state index contributed by atoms with van der Waals surface area (Å²) in [5, 5.41) is 1.24. The Kier molecular flexibility index (Phi) is 3.61. The molecule has 1 aliphatic rings. The highest BCUT2D eigenvalue weighted by Gasteiger charge is 2.19. The molecular weight excluding hydrogens is 184 g/mol. The zero-order valence-corrected chi connectivity index (χ0v) is 8.57. The second-order valence-electron chi connectivity index (χ2n) is 2.87. The number of halogens is 1. The Morgan fingerprint density at radius 2 is 1.80 bits per heavy atom. The molecule has 0 saturated heterocycles. The van der Waals surface area contributed by atoms with E-state index in [2.05, 4.69) is 6.26 Å². The summed E-state index contributed by atoms with van der Waals surface area (Å²) in [6.07, 6.45) is 7.05. The molecule has 0 radical (unpaired) electrons. The summed E-state index contributed by atoms with van der Waals surface area (Å²) in [6.45, 7) is 0. The number of alkyl halides is 1. The Balaban J connectivity index is 2.33. The average molecular weight is 197 g/mol. The van der Waals surface area contributed by atoms with Crippen molar-refractivity contribution < 1.29 is 0 Å². The smallest absolute Gasteiger partial charge is 0.0336 e. The molecule has 1 atom stereocenters. The zero-order chi connectivity index (χ0) is 7.56. The summed E-state index contributed by atoms with van der Waals surface area (Å²) in [6, 6.07) is 0. The quantitative estimate of drug-likeness (QED) is 0.580. The fourth-order valence-electron chi connectivity index (χ4n) is 1.35. The molecule has 60 valence electrons. The van der Waals surface area contributed by atoms with Gasteiger partial charge < -0.3 is 0 Å². The van der Waals surface area contributed by atoms with E-state index in [1.54, 1.807) is 0 Å². The highest BCUT2D eigenvalue weighted by molar-refractivity contribution is 8.28. The van der Waals surface area contributed by atoms with E-state index in [1.165, 1.54) is 25.7 Å². The molecule has 0 aromatic carbocycles. The van der Waals surface area contributed by atoms with Gasteiger partial charge in [-0.15, -0.1) is 21.1 Å². The molecule has 10 heavy (non-hydrogen) atoms. The molecule has 0 nitrogen and oxygen atoms in total. The minimum atomic E-state index is 0.208. The standard InChI is InChI=1S/C7H13ClS2/c1-10(9)7-4-2-6(8)3-5-7/h6-7H,2-5H2,1H3. The summed E-state index contributed by atoms with van der Waals surface area (Å²) < 4.78 is 0. The van der Waals surface area contributed by atoms with Gasteiger partial charge in [0.2, 0.25) is 0 Å². The minimum absolute atomic E-state index is 0.208. The van der Waals surface area contributed by atoms with Crippen molar-refractivity contribution in [1.29, 1.82) is 0 Å². The first-order chi connectivity index (χ1) is 4.70. The van der Waals surface area contributed by atoms with Crippen LogP contribution in [0.3, 0.4) is 0 Å². The van der Waals surface area contributed by atoms with Gasteiger partial charge >= 0.3 is 0 Å². The van der Waals surface area contributed by atoms with Crippen LogP contribution in [0.4, 0.5) is 0 Å². The van der Waals surface area contributed by atoms with Crippen molar-refractivity contribution in [3.05, 3.63) is 0 Å². The fourth-order valence-corrected chi connectivity index (χ4v) is 3.12. The van der Waals surface area contributed by atoms with E-state index in [9.17, 15) is 0 Å². The van der Waals surface area contributed by atoms with E-state index in [0.29, 0.717) is 5.38 Å². The van der Waals surface area contributed by atoms with Gasteiger partial charge in [0.25, 0.3) is 0 Å². The van der Waals surface area contributed by atoms with Crippen molar-refractivity contribution in [2.24, 2.45) is 0 Å². The van der Waals surface area contributed by atoms with E-state index in [4.69, 9.17) is 22.8 Å². The lowest BCUT2D eigenvalue weighted by Crippen LogP contribution is -2.21. The lowest BCUT2D eigenvalue weighted by Gasteiger charge is -2.24. The molecule has 1 aliphatic carbocycles. The van der Waals surface area contributed by atoms with Crippen LogP contribution < -0.4 is 0 Å². The van der Waals surface area contributed by atoms with Crippen LogP contribution in [0.15, 0.2) is 0 Å². The molecular formula is C7H13ClS2. The summed E-state index contributed by atoms with van der Waals surface area (Å²) in [4.78, 5) is 0. The van der Waals surface area contributed by atoms with Gasteiger partial charge in [-0.25, -0.2) is 0 Å². The van der Waals surface area contributed by atoms with Crippen LogP contribution in [0.5, 0.6) is 0 Å². The fraction of sp³-hybridized carbons (Fsp3) is 1.00. The summed E-state index contributed by atoms with van der Waals surface area (Å²) in [7, 11) is 0.208. The van der Waals surface area contributed by atoms with Crippen LogP contribution >= 0.6 is 11.6 Å². The maximum Gasteiger partial charge on any atom is 0.0336 e. The second-order valence-corrected chi connectivity index (χ2v) is 6.73. The first kappa shape index (κ1) is 8.95. The maximum atomic E-state index is 5.96. The molecule has 0 aromatic rings. The van der Waals surface area contributed by atoms with Crippen molar-refractivity contribution in [2.75, 3.05) is 6.26 Å². The predicted octanol–water partition coefficient (Wildman–Crippen LogP) is 2.25. The van der Waals surface area contributed by atoms with Gasteiger partial charge in [0, 0.05) is 10.6 Å². The number of hydrogen-bond acceptors (Lipinski definition) is 1. The van der Waals surface area contributed by atoms with Crippen LogP contribution in [0.2, 0.25) is 0 Å². The van der Waals surface area contributed by atoms with Gasteiger partial charge in [-0.3, -0.25) is 0 Å². The van der Waals surface area contributed by atoms with Gasteiger partial charge in [-0.05, 0) is 31.9 Å². The Morgan fingerprint density at radius 3 is 2.20 bits per heavy atom. The molecule has 0 amide bonds. The van der Waals surface area contributed by atoms with E-state index in [1.807, 2.05) is 0 Å². The molecule has 1 rings (SSSR count). The van der Waals surface area contributed by atoms with Crippen LogP contribution in [0.1, 0.15) is 25.7 Å². The summed E-state index contributed by atoms with van der Waals surface area (Å²) in [5.41, 5.74) is 0. The topological polar surface area (TPSA) is 0 Å². The molecule has 3 heteroatoms. The number of rotatable bonds is 1. The highest BCUT2D eigenvalue weighted by Crippen LogP contribution is 2.25. The van der Waals surface area contributed by atoms with Gasteiger partial charge in [0.15, 0.2) is 0 Å². The molecule has 0 spiro atoms. The van der Waals surface area contributed by atoms with Crippen molar-refractivity contribution >= 4 is 32.2 Å². The Labute approximate surface area is 74.9 Å². The van der Waals surface area contributed by atoms with Gasteiger partial charge in [0.1, 0.15) is 0 Å². The normalized spacial score (nSPS) is 37.4. The van der Waals surface area contributed by atoms with E-state index >= 15 is 0 Å².